The zero-order chi connectivity index (χ0) is 23.4. The van der Waals surface area contributed by atoms with Crippen LogP contribution in [0.15, 0.2) is 59.4 Å². The van der Waals surface area contributed by atoms with Crippen molar-refractivity contribution in [2.24, 2.45) is 0 Å². The van der Waals surface area contributed by atoms with Crippen LogP contribution >= 0.6 is 11.3 Å². The van der Waals surface area contributed by atoms with Gasteiger partial charge in [0.15, 0.2) is 0 Å². The molecule has 0 saturated heterocycles. The van der Waals surface area contributed by atoms with E-state index in [0.29, 0.717) is 27.5 Å². The summed E-state index contributed by atoms with van der Waals surface area (Å²) in [7, 11) is 0. The fraction of sp³-hybridized carbons (Fsp3) is 0.208. The molecule has 0 aliphatic rings. The van der Waals surface area contributed by atoms with E-state index in [0.717, 1.165) is 23.4 Å². The summed E-state index contributed by atoms with van der Waals surface area (Å²) in [4.78, 5) is 41.9. The van der Waals surface area contributed by atoms with Crippen molar-refractivity contribution in [2.75, 3.05) is 5.32 Å². The summed E-state index contributed by atoms with van der Waals surface area (Å²) in [5, 5.41) is 7.90. The van der Waals surface area contributed by atoms with Gasteiger partial charge in [0.2, 0.25) is 4.96 Å². The van der Waals surface area contributed by atoms with Gasteiger partial charge in [-0.2, -0.15) is 9.61 Å². The molecule has 168 valence electrons. The smallest absolute Gasteiger partial charge is 0.338 e. The Morgan fingerprint density at radius 1 is 1.09 bits per heavy atom. The number of ether oxygens (including phenoxy) is 1. The number of carbonyl (C=O) groups is 2. The van der Waals surface area contributed by atoms with Gasteiger partial charge in [-0.15, -0.1) is 0 Å². The van der Waals surface area contributed by atoms with Gasteiger partial charge in [-0.1, -0.05) is 36.0 Å². The molecule has 0 atom stereocenters. The number of hydrogen-bond donors (Lipinski definition) is 1. The summed E-state index contributed by atoms with van der Waals surface area (Å²) in [6.45, 7) is 3.83. The molecule has 9 heteroatoms. The van der Waals surface area contributed by atoms with Crippen LogP contribution in [0.25, 0.3) is 4.96 Å². The zero-order valence-electron chi connectivity index (χ0n) is 18.2. The monoisotopic (exact) mass is 462 g/mol. The number of esters is 1. The molecule has 0 saturated carbocycles. The van der Waals surface area contributed by atoms with Crippen LogP contribution in [0.5, 0.6) is 0 Å². The molecule has 1 amide bonds. The van der Waals surface area contributed by atoms with Gasteiger partial charge in [0, 0.05) is 23.7 Å². The summed E-state index contributed by atoms with van der Waals surface area (Å²) in [5.41, 5.74) is 2.49. The molecule has 0 aliphatic heterocycles. The Labute approximate surface area is 193 Å². The second-order valence-corrected chi connectivity index (χ2v) is 8.54. The van der Waals surface area contributed by atoms with Gasteiger partial charge in [0.05, 0.1) is 11.3 Å². The number of aryl methyl sites for hydroxylation is 2. The molecule has 1 N–H and O–H groups in total. The summed E-state index contributed by atoms with van der Waals surface area (Å²) in [6.07, 6.45) is 1.70. The van der Waals surface area contributed by atoms with E-state index in [1.807, 2.05) is 26.0 Å². The molecule has 33 heavy (non-hydrogen) atoms. The number of amides is 1. The predicted octanol–water partition coefficient (Wildman–Crippen LogP) is 4.02. The molecule has 0 bridgehead atoms. The summed E-state index contributed by atoms with van der Waals surface area (Å²) < 4.78 is 6.59. The minimum atomic E-state index is -0.551. The summed E-state index contributed by atoms with van der Waals surface area (Å²) in [6, 6.07) is 15.0. The van der Waals surface area contributed by atoms with Crippen molar-refractivity contribution >= 4 is 33.9 Å². The number of hydrogen-bond acceptors (Lipinski definition) is 7. The van der Waals surface area contributed by atoms with Gasteiger partial charge in [0.1, 0.15) is 11.6 Å². The maximum absolute atomic E-state index is 12.4. The first-order valence-corrected chi connectivity index (χ1v) is 11.3. The number of anilines is 1. The maximum Gasteiger partial charge on any atom is 0.338 e. The summed E-state index contributed by atoms with van der Waals surface area (Å²) >= 11 is 1.35. The average Bonchev–Trinajstić information content (AvgIpc) is 3.21. The lowest BCUT2D eigenvalue weighted by Gasteiger charge is -2.08. The first kappa shape index (κ1) is 22.3. The maximum atomic E-state index is 12.4. The molecule has 0 unspecified atom stereocenters. The third-order valence-corrected chi connectivity index (χ3v) is 5.78. The van der Waals surface area contributed by atoms with E-state index in [9.17, 15) is 14.4 Å². The molecule has 2 aromatic carbocycles. The first-order chi connectivity index (χ1) is 15.9. The van der Waals surface area contributed by atoms with Crippen LogP contribution in [0.1, 0.15) is 50.3 Å². The zero-order valence-corrected chi connectivity index (χ0v) is 19.0. The number of carbonyl (C=O) groups excluding carboxylic acids is 2. The van der Waals surface area contributed by atoms with Gasteiger partial charge in [-0.25, -0.2) is 9.78 Å². The molecule has 4 aromatic rings. The van der Waals surface area contributed by atoms with E-state index in [2.05, 4.69) is 15.4 Å². The van der Waals surface area contributed by atoms with Gasteiger partial charge >= 0.3 is 5.97 Å². The van der Waals surface area contributed by atoms with E-state index in [4.69, 9.17) is 4.74 Å². The molecular weight excluding hydrogens is 440 g/mol. The Morgan fingerprint density at radius 3 is 2.61 bits per heavy atom. The van der Waals surface area contributed by atoms with Gasteiger partial charge in [-0.05, 0) is 49.7 Å². The number of rotatable bonds is 7. The highest BCUT2D eigenvalue weighted by atomic mass is 32.1. The molecule has 0 fully saturated rings. The standard InChI is InChI=1S/C24H22N4O4S/c1-3-5-20-27-28-21(29)13-19(26-24(28)33-20)14-32-23(31)16-8-10-18(11-9-16)25-22(30)17-7-4-6-15(2)12-17/h4,6-13H,3,5,14H2,1-2H3,(H,25,30). The van der Waals surface area contributed by atoms with Crippen LogP contribution in [-0.2, 0) is 17.8 Å². The number of nitrogens with zero attached hydrogens (tertiary/aromatic N) is 3. The van der Waals surface area contributed by atoms with Crippen LogP contribution in [0.4, 0.5) is 5.69 Å². The highest BCUT2D eigenvalue weighted by Gasteiger charge is 2.12. The Bertz CT molecular complexity index is 1380. The van der Waals surface area contributed by atoms with Crippen molar-refractivity contribution in [3.05, 3.63) is 92.3 Å². The van der Waals surface area contributed by atoms with E-state index in [-0.39, 0.29) is 18.1 Å². The Kier molecular flexibility index (Phi) is 6.60. The summed E-state index contributed by atoms with van der Waals surface area (Å²) in [5.74, 6) is -0.781. The van der Waals surface area contributed by atoms with Crippen molar-refractivity contribution in [1.29, 1.82) is 0 Å². The lowest BCUT2D eigenvalue weighted by atomic mass is 10.1. The highest BCUT2D eigenvalue weighted by molar-refractivity contribution is 7.16. The van der Waals surface area contributed by atoms with E-state index in [1.54, 1.807) is 36.4 Å². The van der Waals surface area contributed by atoms with Gasteiger partial charge < -0.3 is 10.1 Å². The molecule has 0 spiro atoms. The number of aromatic nitrogens is 3. The Hall–Kier alpha value is -3.85. The van der Waals surface area contributed by atoms with Crippen molar-refractivity contribution in [3.63, 3.8) is 0 Å². The minimum Gasteiger partial charge on any atom is -0.456 e. The fourth-order valence-electron chi connectivity index (χ4n) is 3.19. The second-order valence-electron chi connectivity index (χ2n) is 7.50. The van der Waals surface area contributed by atoms with E-state index in [1.165, 1.54) is 21.9 Å². The topological polar surface area (TPSA) is 103 Å². The minimum absolute atomic E-state index is 0.128. The molecule has 8 nitrogen and oxygen atoms in total. The Balaban J connectivity index is 1.38. The average molecular weight is 463 g/mol. The van der Waals surface area contributed by atoms with E-state index < -0.39 is 5.97 Å². The molecule has 0 radical (unpaired) electrons. The molecule has 4 rings (SSSR count). The molecule has 0 aliphatic carbocycles. The third kappa shape index (κ3) is 5.32. The van der Waals surface area contributed by atoms with Crippen molar-refractivity contribution in [3.8, 4) is 0 Å². The van der Waals surface area contributed by atoms with Crippen LogP contribution in [0.2, 0.25) is 0 Å². The van der Waals surface area contributed by atoms with Crippen LogP contribution < -0.4 is 10.9 Å². The first-order valence-electron chi connectivity index (χ1n) is 10.5. The van der Waals surface area contributed by atoms with Crippen LogP contribution in [0, 0.1) is 6.92 Å². The van der Waals surface area contributed by atoms with Crippen molar-refractivity contribution in [2.45, 2.75) is 33.3 Å². The number of benzene rings is 2. The van der Waals surface area contributed by atoms with Crippen molar-refractivity contribution in [1.82, 2.24) is 14.6 Å². The van der Waals surface area contributed by atoms with Crippen LogP contribution in [-0.4, -0.2) is 26.5 Å². The SMILES string of the molecule is CCCc1nn2c(=O)cc(COC(=O)c3ccc(NC(=O)c4cccc(C)c4)cc3)nc2s1. The van der Waals surface area contributed by atoms with Crippen molar-refractivity contribution < 1.29 is 14.3 Å². The quantitative estimate of drug-likeness (QED) is 0.416. The molecular formula is C24H22N4O4S. The third-order valence-electron chi connectivity index (χ3n) is 4.81. The number of fused-ring (bicyclic) bond motifs is 1. The fourth-order valence-corrected chi connectivity index (χ4v) is 4.21. The molecule has 2 heterocycles. The van der Waals surface area contributed by atoms with Crippen LogP contribution in [0.3, 0.4) is 0 Å². The number of nitrogens with one attached hydrogen (secondary N) is 1. The largest absolute Gasteiger partial charge is 0.456 e. The van der Waals surface area contributed by atoms with Gasteiger partial charge in [0.25, 0.3) is 11.5 Å². The Morgan fingerprint density at radius 2 is 1.88 bits per heavy atom. The van der Waals surface area contributed by atoms with E-state index >= 15 is 0 Å². The van der Waals surface area contributed by atoms with Gasteiger partial charge in [-0.3, -0.25) is 9.59 Å². The highest BCUT2D eigenvalue weighted by Crippen LogP contribution is 2.15. The lowest BCUT2D eigenvalue weighted by Crippen LogP contribution is -2.16. The second kappa shape index (κ2) is 9.74. The lowest BCUT2D eigenvalue weighted by molar-refractivity contribution is 0.0467. The predicted molar refractivity (Wildman–Crippen MR) is 126 cm³/mol. The normalized spacial score (nSPS) is 10.8. The molecule has 2 aromatic heterocycles.